The molecule has 3 N–H and O–H groups in total. The molecule has 55 heavy (non-hydrogen) atoms. The number of aromatic nitrogens is 2. The van der Waals surface area contributed by atoms with Crippen LogP contribution in [0, 0.1) is 5.92 Å². The lowest BCUT2D eigenvalue weighted by Gasteiger charge is -2.44. The molecule has 6 aromatic rings. The summed E-state index contributed by atoms with van der Waals surface area (Å²) in [5, 5.41) is 9.67. The van der Waals surface area contributed by atoms with Crippen LogP contribution in [0.25, 0.3) is 22.2 Å². The van der Waals surface area contributed by atoms with E-state index in [4.69, 9.17) is 9.47 Å². The molecule has 2 aliphatic rings. The summed E-state index contributed by atoms with van der Waals surface area (Å²) in [4.78, 5) is 18.6. The quantitative estimate of drug-likeness (QED) is 0.129. The molecule has 2 fully saturated rings. The van der Waals surface area contributed by atoms with Crippen molar-refractivity contribution in [3.63, 3.8) is 0 Å². The van der Waals surface area contributed by atoms with Crippen LogP contribution in [0.4, 0.5) is 0 Å². The van der Waals surface area contributed by atoms with Gasteiger partial charge in [-0.1, -0.05) is 104 Å². The molecule has 5 aromatic carbocycles. The molecule has 4 atom stereocenters. The number of likely N-dealkylation sites (tertiary alicyclic amines) is 1. The Morgan fingerprint density at radius 2 is 1.49 bits per heavy atom. The van der Waals surface area contributed by atoms with Gasteiger partial charge in [-0.05, 0) is 71.0 Å². The maximum Gasteiger partial charge on any atom is 0.326 e. The van der Waals surface area contributed by atoms with E-state index < -0.39 is 16.3 Å². The molecule has 0 radical (unpaired) electrons. The van der Waals surface area contributed by atoms with E-state index in [-0.39, 0.29) is 47.9 Å². The highest BCUT2D eigenvalue weighted by molar-refractivity contribution is 7.89. The highest BCUT2D eigenvalue weighted by Crippen LogP contribution is 2.42. The third-order valence-corrected chi connectivity index (χ3v) is 12.5. The zero-order chi connectivity index (χ0) is 37.9. The fraction of sp³-hybridized carbons (Fsp3) is 0.295. The van der Waals surface area contributed by atoms with E-state index in [2.05, 4.69) is 21.5 Å². The first kappa shape index (κ1) is 37.1. The number of rotatable bonds is 11. The molecule has 1 aromatic heterocycles. The van der Waals surface area contributed by atoms with Gasteiger partial charge in [0, 0.05) is 43.7 Å². The molecule has 10 nitrogen and oxygen atoms in total. The SMILES string of the molecule is CC1C(CN2CCC(n3c(=O)[nH]c4ccccc43)CC2)OC(c2ccc(-c3cccc(CNS(=O)(=O)c4ccccc4)c3)cc2)OC1c1ccc(CO)cc1. The number of benzene rings is 5. The van der Waals surface area contributed by atoms with Crippen molar-refractivity contribution in [2.45, 2.75) is 62.4 Å². The second-order valence-corrected chi connectivity index (χ2v) is 16.4. The lowest BCUT2D eigenvalue weighted by atomic mass is 9.89. The molecular weight excluding hydrogens is 713 g/mol. The number of aliphatic hydroxyl groups excluding tert-OH is 1. The maximum atomic E-state index is 12.9. The Morgan fingerprint density at radius 3 is 2.24 bits per heavy atom. The minimum Gasteiger partial charge on any atom is -0.392 e. The Kier molecular flexibility index (Phi) is 10.8. The van der Waals surface area contributed by atoms with E-state index in [1.807, 2.05) is 102 Å². The predicted octanol–water partition coefficient (Wildman–Crippen LogP) is 7.10. The predicted molar refractivity (Wildman–Crippen MR) is 213 cm³/mol. The van der Waals surface area contributed by atoms with Gasteiger partial charge >= 0.3 is 5.69 Å². The van der Waals surface area contributed by atoms with Crippen LogP contribution < -0.4 is 10.4 Å². The van der Waals surface area contributed by atoms with Crippen LogP contribution in [0.15, 0.2) is 137 Å². The lowest BCUT2D eigenvalue weighted by molar-refractivity contribution is -0.276. The molecule has 0 amide bonds. The van der Waals surface area contributed by atoms with Crippen LogP contribution in [0.1, 0.15) is 60.5 Å². The van der Waals surface area contributed by atoms with Gasteiger partial charge in [0.2, 0.25) is 10.0 Å². The molecule has 2 aliphatic heterocycles. The molecule has 0 spiro atoms. The summed E-state index contributed by atoms with van der Waals surface area (Å²) in [5.41, 5.74) is 7.38. The molecule has 3 heterocycles. The number of aliphatic hydroxyl groups is 1. The van der Waals surface area contributed by atoms with Gasteiger partial charge in [-0.25, -0.2) is 17.9 Å². The van der Waals surface area contributed by atoms with Crippen molar-refractivity contribution in [1.29, 1.82) is 0 Å². The number of nitrogens with zero attached hydrogens (tertiary/aromatic N) is 2. The summed E-state index contributed by atoms with van der Waals surface area (Å²) in [5.74, 6) is 0.0477. The van der Waals surface area contributed by atoms with Crippen molar-refractivity contribution in [2.24, 2.45) is 5.92 Å². The molecule has 0 aliphatic carbocycles. The van der Waals surface area contributed by atoms with Crippen molar-refractivity contribution in [3.8, 4) is 11.1 Å². The second-order valence-electron chi connectivity index (χ2n) is 14.6. The van der Waals surface area contributed by atoms with Gasteiger partial charge in [0.15, 0.2) is 6.29 Å². The lowest BCUT2D eigenvalue weighted by Crippen LogP contribution is -2.47. The van der Waals surface area contributed by atoms with E-state index in [1.165, 1.54) is 0 Å². The van der Waals surface area contributed by atoms with Crippen molar-refractivity contribution in [2.75, 3.05) is 19.6 Å². The fourth-order valence-electron chi connectivity index (χ4n) is 7.93. The number of hydrogen-bond acceptors (Lipinski definition) is 7. The van der Waals surface area contributed by atoms with E-state index in [9.17, 15) is 18.3 Å². The number of aromatic amines is 1. The highest BCUT2D eigenvalue weighted by Gasteiger charge is 2.39. The summed E-state index contributed by atoms with van der Waals surface area (Å²) in [6.45, 7) is 4.78. The van der Waals surface area contributed by atoms with Crippen LogP contribution >= 0.6 is 0 Å². The minimum absolute atomic E-state index is 0.0189. The van der Waals surface area contributed by atoms with Crippen LogP contribution in [0.5, 0.6) is 0 Å². The summed E-state index contributed by atoms with van der Waals surface area (Å²) < 4.78 is 43.8. The molecule has 8 rings (SSSR count). The number of para-hydroxylation sites is 2. The van der Waals surface area contributed by atoms with Gasteiger partial charge in [-0.15, -0.1) is 0 Å². The average molecular weight is 759 g/mol. The van der Waals surface area contributed by atoms with E-state index in [1.54, 1.807) is 30.3 Å². The normalized spacial score (nSPS) is 21.2. The Hall–Kier alpha value is -4.88. The van der Waals surface area contributed by atoms with Crippen LogP contribution in [-0.4, -0.2) is 53.7 Å². The number of ether oxygens (including phenoxy) is 2. The highest BCUT2D eigenvalue weighted by atomic mass is 32.2. The van der Waals surface area contributed by atoms with Crippen LogP contribution in [0.2, 0.25) is 0 Å². The number of hydrogen-bond donors (Lipinski definition) is 3. The number of fused-ring (bicyclic) bond motifs is 1. The second kappa shape index (κ2) is 16.1. The molecule has 0 bridgehead atoms. The fourth-order valence-corrected chi connectivity index (χ4v) is 8.97. The Balaban J connectivity index is 0.975. The Morgan fingerprint density at radius 1 is 0.782 bits per heavy atom. The summed E-state index contributed by atoms with van der Waals surface area (Å²) >= 11 is 0. The van der Waals surface area contributed by atoms with Gasteiger partial charge in [-0.2, -0.15) is 0 Å². The first-order chi connectivity index (χ1) is 26.8. The van der Waals surface area contributed by atoms with Gasteiger partial charge < -0.3 is 24.5 Å². The number of nitrogens with one attached hydrogen (secondary N) is 2. The number of piperidine rings is 1. The molecule has 4 unspecified atom stereocenters. The monoisotopic (exact) mass is 758 g/mol. The summed E-state index contributed by atoms with van der Waals surface area (Å²) in [7, 11) is -3.63. The topological polar surface area (TPSA) is 126 Å². The maximum absolute atomic E-state index is 12.9. The molecule has 11 heteroatoms. The van der Waals surface area contributed by atoms with E-state index in [0.29, 0.717) is 0 Å². The molecular formula is C44H46N4O6S. The minimum atomic E-state index is -3.63. The van der Waals surface area contributed by atoms with Gasteiger partial charge in [-0.3, -0.25) is 4.57 Å². The van der Waals surface area contributed by atoms with Crippen molar-refractivity contribution in [1.82, 2.24) is 19.2 Å². The first-order valence-electron chi connectivity index (χ1n) is 18.9. The number of H-pyrrole nitrogens is 1. The average Bonchev–Trinajstić information content (AvgIpc) is 3.57. The summed E-state index contributed by atoms with van der Waals surface area (Å²) in [6.07, 6.45) is 0.797. The third kappa shape index (κ3) is 8.09. The van der Waals surface area contributed by atoms with E-state index >= 15 is 0 Å². The van der Waals surface area contributed by atoms with Crippen LogP contribution in [0.3, 0.4) is 0 Å². The Labute approximate surface area is 321 Å². The van der Waals surface area contributed by atoms with Crippen molar-refractivity contribution in [3.05, 3.63) is 160 Å². The number of sulfonamides is 1. The zero-order valence-electron chi connectivity index (χ0n) is 30.8. The molecule has 2 saturated heterocycles. The standard InChI is InChI=1S/C44H46N4O6S/c1-30-41(28-47-24-22-37(23-25-47)48-40-13-6-5-12-39(40)46-44(48)50)53-43(54-42(30)34-16-14-31(29-49)15-17-34)35-20-18-33(19-21-35)36-9-7-8-32(26-36)27-45-55(51,52)38-10-3-2-4-11-38/h2-21,26,30,37,41-43,45,49H,22-25,27-29H2,1H3,(H,46,50). The van der Waals surface area contributed by atoms with E-state index in [0.717, 1.165) is 76.9 Å². The van der Waals surface area contributed by atoms with Gasteiger partial charge in [0.25, 0.3) is 0 Å². The number of imidazole rings is 1. The smallest absolute Gasteiger partial charge is 0.326 e. The zero-order valence-corrected chi connectivity index (χ0v) is 31.6. The third-order valence-electron chi connectivity index (χ3n) is 11.1. The molecule has 284 valence electrons. The van der Waals surface area contributed by atoms with Crippen LogP contribution in [-0.2, 0) is 32.6 Å². The Bertz CT molecular complexity index is 2390. The summed E-state index contributed by atoms with van der Waals surface area (Å²) in [6, 6.07) is 40.4. The van der Waals surface area contributed by atoms with Gasteiger partial charge in [0.1, 0.15) is 0 Å². The van der Waals surface area contributed by atoms with Crippen molar-refractivity contribution >= 4 is 21.1 Å². The molecule has 0 saturated carbocycles. The first-order valence-corrected chi connectivity index (χ1v) is 20.4. The van der Waals surface area contributed by atoms with Crippen molar-refractivity contribution < 1.29 is 23.0 Å². The largest absolute Gasteiger partial charge is 0.392 e. The van der Waals surface area contributed by atoms with Gasteiger partial charge in [0.05, 0.1) is 34.7 Å².